The highest BCUT2D eigenvalue weighted by atomic mass is 35.5. The van der Waals surface area contributed by atoms with E-state index in [2.05, 4.69) is 9.97 Å². The lowest BCUT2D eigenvalue weighted by atomic mass is 10.2. The zero-order valence-corrected chi connectivity index (χ0v) is 9.36. The number of halogens is 1. The number of benzene rings is 1. The first-order valence-corrected chi connectivity index (χ1v) is 5.04. The number of hydrogen-bond acceptors (Lipinski definition) is 4. The molecule has 0 radical (unpaired) electrons. The summed E-state index contributed by atoms with van der Waals surface area (Å²) >= 11 is 5.81. The molecule has 0 spiro atoms. The van der Waals surface area contributed by atoms with Crippen LogP contribution in [0.4, 0.5) is 5.82 Å². The number of rotatable bonds is 1. The second-order valence-electron chi connectivity index (χ2n) is 3.42. The highest BCUT2D eigenvalue weighted by Gasteiger charge is 2.06. The Labute approximate surface area is 97.7 Å². The van der Waals surface area contributed by atoms with Crippen LogP contribution in [0, 0.1) is 6.92 Å². The predicted molar refractivity (Wildman–Crippen MR) is 63.3 cm³/mol. The van der Waals surface area contributed by atoms with Crippen LogP contribution in [0.3, 0.4) is 0 Å². The fourth-order valence-electron chi connectivity index (χ4n) is 1.37. The molecule has 0 fully saturated rings. The van der Waals surface area contributed by atoms with Crippen LogP contribution in [-0.2, 0) is 0 Å². The summed E-state index contributed by atoms with van der Waals surface area (Å²) in [5, 5.41) is 9.57. The Kier molecular flexibility index (Phi) is 2.66. The van der Waals surface area contributed by atoms with Crippen LogP contribution >= 0.6 is 11.6 Å². The summed E-state index contributed by atoms with van der Waals surface area (Å²) in [6.07, 6.45) is 0. The Balaban J connectivity index is 2.54. The van der Waals surface area contributed by atoms with Crippen LogP contribution in [0.5, 0.6) is 5.75 Å². The van der Waals surface area contributed by atoms with Crippen molar-refractivity contribution in [2.24, 2.45) is 0 Å². The van der Waals surface area contributed by atoms with E-state index in [1.54, 1.807) is 18.2 Å². The van der Waals surface area contributed by atoms with Gasteiger partial charge in [-0.25, -0.2) is 9.97 Å². The molecular weight excluding hydrogens is 226 g/mol. The van der Waals surface area contributed by atoms with Crippen LogP contribution < -0.4 is 5.73 Å². The molecule has 4 nitrogen and oxygen atoms in total. The van der Waals surface area contributed by atoms with E-state index in [-0.39, 0.29) is 10.8 Å². The van der Waals surface area contributed by atoms with Gasteiger partial charge in [0.05, 0.1) is 5.02 Å². The lowest BCUT2D eigenvalue weighted by Crippen LogP contribution is -1.97. The lowest BCUT2D eigenvalue weighted by molar-refractivity contribution is 0.475. The topological polar surface area (TPSA) is 72.0 Å². The van der Waals surface area contributed by atoms with Crippen molar-refractivity contribution >= 4 is 17.4 Å². The molecule has 0 saturated heterocycles. The third kappa shape index (κ3) is 2.06. The quantitative estimate of drug-likeness (QED) is 0.796. The summed E-state index contributed by atoms with van der Waals surface area (Å²) in [6.45, 7) is 1.84. The third-order valence-corrected chi connectivity index (χ3v) is 2.38. The van der Waals surface area contributed by atoms with E-state index in [1.807, 2.05) is 6.92 Å². The summed E-state index contributed by atoms with van der Waals surface area (Å²) in [4.78, 5) is 8.35. The first-order chi connectivity index (χ1) is 7.56. The number of nitrogens with zero attached hydrogens (tertiary/aromatic N) is 2. The second kappa shape index (κ2) is 3.98. The maximum atomic E-state index is 9.30. The van der Waals surface area contributed by atoms with Crippen LogP contribution in [0.2, 0.25) is 5.02 Å². The molecule has 0 unspecified atom stereocenters. The van der Waals surface area contributed by atoms with Gasteiger partial charge in [0.2, 0.25) is 0 Å². The third-order valence-electron chi connectivity index (χ3n) is 2.08. The van der Waals surface area contributed by atoms with Gasteiger partial charge in [-0.05, 0) is 25.1 Å². The molecular formula is C11H10ClN3O. The van der Waals surface area contributed by atoms with Gasteiger partial charge in [-0.3, -0.25) is 0 Å². The number of nitrogen functional groups attached to an aromatic ring is 1. The molecule has 2 aromatic rings. The summed E-state index contributed by atoms with van der Waals surface area (Å²) < 4.78 is 0. The molecule has 0 aliphatic carbocycles. The number of aromatic hydroxyl groups is 1. The van der Waals surface area contributed by atoms with Crippen molar-refractivity contribution < 1.29 is 5.11 Å². The zero-order chi connectivity index (χ0) is 11.7. The molecule has 1 heterocycles. The molecule has 0 aliphatic rings. The normalized spacial score (nSPS) is 10.4. The van der Waals surface area contributed by atoms with Crippen LogP contribution in [0.1, 0.15) is 5.69 Å². The number of aryl methyl sites for hydroxylation is 1. The minimum atomic E-state index is 0.0334. The van der Waals surface area contributed by atoms with Gasteiger partial charge in [-0.15, -0.1) is 0 Å². The summed E-state index contributed by atoms with van der Waals surface area (Å²) in [5.41, 5.74) is 7.14. The number of anilines is 1. The maximum absolute atomic E-state index is 9.30. The van der Waals surface area contributed by atoms with Gasteiger partial charge in [-0.2, -0.15) is 0 Å². The van der Waals surface area contributed by atoms with Gasteiger partial charge in [0.15, 0.2) is 5.82 Å². The Morgan fingerprint density at radius 3 is 2.62 bits per heavy atom. The van der Waals surface area contributed by atoms with E-state index in [9.17, 15) is 5.11 Å². The van der Waals surface area contributed by atoms with Crippen molar-refractivity contribution in [3.63, 3.8) is 0 Å². The summed E-state index contributed by atoms with van der Waals surface area (Å²) in [6, 6.07) is 6.48. The van der Waals surface area contributed by atoms with E-state index in [4.69, 9.17) is 17.3 Å². The largest absolute Gasteiger partial charge is 0.506 e. The summed E-state index contributed by atoms with van der Waals surface area (Å²) in [7, 11) is 0. The van der Waals surface area contributed by atoms with Gasteiger partial charge in [0.25, 0.3) is 0 Å². The number of nitrogens with two attached hydrogens (primary N) is 1. The molecule has 2 rings (SSSR count). The average molecular weight is 236 g/mol. The minimum Gasteiger partial charge on any atom is -0.506 e. The molecule has 1 aromatic carbocycles. The van der Waals surface area contributed by atoms with Gasteiger partial charge in [-0.1, -0.05) is 11.6 Å². The van der Waals surface area contributed by atoms with Crippen molar-refractivity contribution in [1.29, 1.82) is 0 Å². The standard InChI is InChI=1S/C11H10ClN3O/c1-6-4-10(13)15-11(14-6)7-2-3-9(16)8(12)5-7/h2-5,16H,1H3,(H2,13,14,15). The van der Waals surface area contributed by atoms with E-state index in [0.717, 1.165) is 11.3 Å². The number of phenols is 1. The fourth-order valence-corrected chi connectivity index (χ4v) is 1.55. The van der Waals surface area contributed by atoms with Crippen LogP contribution in [0.25, 0.3) is 11.4 Å². The minimum absolute atomic E-state index is 0.0334. The number of aromatic nitrogens is 2. The van der Waals surface area contributed by atoms with Crippen molar-refractivity contribution in [1.82, 2.24) is 9.97 Å². The van der Waals surface area contributed by atoms with Crippen LogP contribution in [-0.4, -0.2) is 15.1 Å². The Hall–Kier alpha value is -1.81. The number of phenolic OH excluding ortho intramolecular Hbond substituents is 1. The van der Waals surface area contributed by atoms with E-state index in [1.165, 1.54) is 6.07 Å². The molecule has 0 aliphatic heterocycles. The molecule has 0 saturated carbocycles. The first-order valence-electron chi connectivity index (χ1n) is 4.66. The molecule has 82 valence electrons. The molecule has 1 aromatic heterocycles. The van der Waals surface area contributed by atoms with Crippen molar-refractivity contribution in [2.75, 3.05) is 5.73 Å². The van der Waals surface area contributed by atoms with Gasteiger partial charge >= 0.3 is 0 Å². The van der Waals surface area contributed by atoms with Crippen molar-refractivity contribution in [3.05, 3.63) is 35.0 Å². The summed E-state index contributed by atoms with van der Waals surface area (Å²) in [5.74, 6) is 0.942. The van der Waals surface area contributed by atoms with E-state index in [0.29, 0.717) is 11.6 Å². The molecule has 16 heavy (non-hydrogen) atoms. The Bertz CT molecular complexity index is 522. The predicted octanol–water partition coefficient (Wildman–Crippen LogP) is 2.39. The molecule has 0 amide bonds. The number of hydrogen-bond donors (Lipinski definition) is 2. The monoisotopic (exact) mass is 235 g/mol. The molecule has 0 bridgehead atoms. The Morgan fingerprint density at radius 2 is 2.00 bits per heavy atom. The zero-order valence-electron chi connectivity index (χ0n) is 8.61. The van der Waals surface area contributed by atoms with E-state index < -0.39 is 0 Å². The molecule has 3 N–H and O–H groups in total. The average Bonchev–Trinajstić information content (AvgIpc) is 2.20. The van der Waals surface area contributed by atoms with Gasteiger partial charge in [0.1, 0.15) is 11.6 Å². The fraction of sp³-hybridized carbons (Fsp3) is 0.0909. The smallest absolute Gasteiger partial charge is 0.161 e. The van der Waals surface area contributed by atoms with Crippen molar-refractivity contribution in [3.8, 4) is 17.1 Å². The van der Waals surface area contributed by atoms with Crippen molar-refractivity contribution in [2.45, 2.75) is 6.92 Å². The van der Waals surface area contributed by atoms with Gasteiger partial charge in [0, 0.05) is 17.3 Å². The molecule has 0 atom stereocenters. The first kappa shape index (κ1) is 10.7. The maximum Gasteiger partial charge on any atom is 0.161 e. The van der Waals surface area contributed by atoms with Gasteiger partial charge < -0.3 is 10.8 Å². The lowest BCUT2D eigenvalue weighted by Gasteiger charge is -2.04. The SMILES string of the molecule is Cc1cc(N)nc(-c2ccc(O)c(Cl)c2)n1. The van der Waals surface area contributed by atoms with E-state index >= 15 is 0 Å². The van der Waals surface area contributed by atoms with Crippen LogP contribution in [0.15, 0.2) is 24.3 Å². The Morgan fingerprint density at radius 1 is 1.25 bits per heavy atom. The highest BCUT2D eigenvalue weighted by Crippen LogP contribution is 2.28. The molecule has 5 heteroatoms. The second-order valence-corrected chi connectivity index (χ2v) is 3.83. The highest BCUT2D eigenvalue weighted by molar-refractivity contribution is 6.32.